The van der Waals surface area contributed by atoms with Gasteiger partial charge in [0.25, 0.3) is 0 Å². The van der Waals surface area contributed by atoms with Gasteiger partial charge in [0.2, 0.25) is 5.95 Å². The van der Waals surface area contributed by atoms with Gasteiger partial charge in [0, 0.05) is 94.0 Å². The van der Waals surface area contributed by atoms with Crippen molar-refractivity contribution in [2.24, 2.45) is 0 Å². The number of benzene rings is 1. The zero-order valence-electron chi connectivity index (χ0n) is 22.3. The number of hydrogen-bond donors (Lipinski definition) is 1. The first-order valence-electron chi connectivity index (χ1n) is 13.9. The Morgan fingerprint density at radius 3 is 2.39 bits per heavy atom. The molecule has 38 heavy (non-hydrogen) atoms. The van der Waals surface area contributed by atoms with E-state index in [-0.39, 0.29) is 6.10 Å². The van der Waals surface area contributed by atoms with E-state index in [1.54, 1.807) is 12.4 Å². The number of ether oxygens (including phenoxy) is 2. The van der Waals surface area contributed by atoms with E-state index in [0.717, 1.165) is 113 Å². The number of piperazine rings is 1. The largest absolute Gasteiger partial charge is 0.488 e. The number of fused-ring (bicyclic) bond motifs is 1. The van der Waals surface area contributed by atoms with Crippen LogP contribution in [0.2, 0.25) is 0 Å². The van der Waals surface area contributed by atoms with Crippen LogP contribution < -0.4 is 15.0 Å². The van der Waals surface area contributed by atoms with Crippen molar-refractivity contribution < 1.29 is 9.47 Å². The minimum Gasteiger partial charge on any atom is -0.488 e. The molecule has 10 nitrogen and oxygen atoms in total. The van der Waals surface area contributed by atoms with Crippen LogP contribution in [0, 0.1) is 0 Å². The highest BCUT2D eigenvalue weighted by molar-refractivity contribution is 5.85. The zero-order valence-corrected chi connectivity index (χ0v) is 22.3. The van der Waals surface area contributed by atoms with Gasteiger partial charge in [0.05, 0.1) is 24.8 Å². The predicted octanol–water partition coefficient (Wildman–Crippen LogP) is 2.81. The molecule has 0 radical (unpaired) electrons. The topological polar surface area (TPSA) is 91.8 Å². The lowest BCUT2D eigenvalue weighted by Crippen LogP contribution is -2.43. The second-order valence-electron chi connectivity index (χ2n) is 10.7. The van der Waals surface area contributed by atoms with Gasteiger partial charge in [-0.3, -0.25) is 9.88 Å². The average molecular weight is 519 g/mol. The van der Waals surface area contributed by atoms with Crippen LogP contribution in [0.15, 0.2) is 36.9 Å². The van der Waals surface area contributed by atoms with E-state index in [0.29, 0.717) is 6.04 Å². The molecule has 1 N–H and O–H groups in total. The second kappa shape index (κ2) is 11.8. The van der Waals surface area contributed by atoms with Gasteiger partial charge in [-0.05, 0) is 38.8 Å². The van der Waals surface area contributed by atoms with Gasteiger partial charge in [-0.25, -0.2) is 15.0 Å². The van der Waals surface area contributed by atoms with Gasteiger partial charge < -0.3 is 24.6 Å². The van der Waals surface area contributed by atoms with Gasteiger partial charge in [-0.15, -0.1) is 0 Å². The van der Waals surface area contributed by atoms with E-state index >= 15 is 0 Å². The third kappa shape index (κ3) is 6.14. The molecule has 1 saturated carbocycles. The van der Waals surface area contributed by atoms with E-state index in [1.165, 1.54) is 5.56 Å². The third-order valence-corrected chi connectivity index (χ3v) is 7.91. The molecule has 2 saturated heterocycles. The summed E-state index contributed by atoms with van der Waals surface area (Å²) in [4.78, 5) is 25.5. The summed E-state index contributed by atoms with van der Waals surface area (Å²) in [7, 11) is 2.18. The summed E-state index contributed by atoms with van der Waals surface area (Å²) in [5.74, 6) is 1.55. The van der Waals surface area contributed by atoms with Crippen LogP contribution in [0.3, 0.4) is 0 Å². The number of morpholine rings is 1. The first-order valence-corrected chi connectivity index (χ1v) is 13.9. The molecule has 1 aliphatic carbocycles. The van der Waals surface area contributed by atoms with Crippen molar-refractivity contribution in [1.29, 1.82) is 0 Å². The Balaban J connectivity index is 1.03. The lowest BCUT2D eigenvalue weighted by Gasteiger charge is -2.32. The number of aromatic nitrogens is 4. The first kappa shape index (κ1) is 25.2. The normalized spacial score (nSPS) is 23.4. The molecular weight excluding hydrogens is 480 g/mol. The second-order valence-corrected chi connectivity index (χ2v) is 10.7. The van der Waals surface area contributed by atoms with Crippen LogP contribution in [0.25, 0.3) is 11.0 Å². The summed E-state index contributed by atoms with van der Waals surface area (Å²) in [6.07, 6.45) is 11.6. The maximum Gasteiger partial charge on any atom is 0.222 e. The Labute approximate surface area is 224 Å². The molecule has 0 amide bonds. The van der Waals surface area contributed by atoms with E-state index < -0.39 is 0 Å². The standard InChI is InChI=1S/C28H38N8O2/c1-34-8-10-35(11-9-34)20-21-18-31-28(32-19-21)33-22-2-4-24(5-3-22)38-26-17-23(36-12-14-37-15-13-36)16-25-27(26)30-7-6-29-25/h6-7,16-19,22,24H,2-5,8-15,20H2,1H3,(H,31,32,33). The minimum atomic E-state index is 0.157. The number of rotatable bonds is 7. The van der Waals surface area contributed by atoms with Crippen LogP contribution in [-0.2, 0) is 11.3 Å². The number of likely N-dealkylation sites (N-methyl/N-ethyl adjacent to an activating group) is 1. The maximum absolute atomic E-state index is 6.57. The Bertz CT molecular complexity index is 1190. The molecule has 0 spiro atoms. The number of nitrogens with zero attached hydrogens (tertiary/aromatic N) is 7. The Morgan fingerprint density at radius 1 is 0.895 bits per heavy atom. The SMILES string of the molecule is CN1CCN(Cc2cnc(NC3CCC(Oc4cc(N5CCOCC5)cc5nccnc45)CC3)nc2)CC1. The van der Waals surface area contributed by atoms with Crippen LogP contribution in [0.1, 0.15) is 31.2 Å². The lowest BCUT2D eigenvalue weighted by atomic mass is 9.93. The third-order valence-electron chi connectivity index (χ3n) is 7.91. The smallest absolute Gasteiger partial charge is 0.222 e. The van der Waals surface area contributed by atoms with Gasteiger partial charge in [0.15, 0.2) is 0 Å². The molecule has 2 aromatic heterocycles. The fraction of sp³-hybridized carbons (Fsp3) is 0.571. The molecule has 2 aliphatic heterocycles. The molecule has 0 bridgehead atoms. The number of nitrogens with one attached hydrogen (secondary N) is 1. The van der Waals surface area contributed by atoms with Crippen molar-refractivity contribution in [2.75, 3.05) is 69.7 Å². The Hall–Kier alpha value is -3.08. The molecule has 3 aromatic rings. The molecule has 0 unspecified atom stereocenters. The molecule has 202 valence electrons. The van der Waals surface area contributed by atoms with Crippen molar-refractivity contribution in [3.05, 3.63) is 42.5 Å². The summed E-state index contributed by atoms with van der Waals surface area (Å²) in [5, 5.41) is 3.54. The van der Waals surface area contributed by atoms with Crippen molar-refractivity contribution >= 4 is 22.7 Å². The predicted molar refractivity (Wildman–Crippen MR) is 148 cm³/mol. The molecule has 4 heterocycles. The zero-order chi connectivity index (χ0) is 25.7. The molecule has 3 fully saturated rings. The highest BCUT2D eigenvalue weighted by atomic mass is 16.5. The van der Waals surface area contributed by atoms with Gasteiger partial charge >= 0.3 is 0 Å². The molecule has 6 rings (SSSR count). The molecule has 0 atom stereocenters. The fourth-order valence-electron chi connectivity index (χ4n) is 5.58. The van der Waals surface area contributed by atoms with Crippen molar-refractivity contribution in [3.8, 4) is 5.75 Å². The molecular formula is C28H38N8O2. The van der Waals surface area contributed by atoms with Gasteiger partial charge in [0.1, 0.15) is 11.3 Å². The van der Waals surface area contributed by atoms with Crippen LogP contribution >= 0.6 is 0 Å². The molecule has 10 heteroatoms. The summed E-state index contributed by atoms with van der Waals surface area (Å²) in [6, 6.07) is 4.59. The maximum atomic E-state index is 6.57. The summed E-state index contributed by atoms with van der Waals surface area (Å²) >= 11 is 0. The number of anilines is 2. The van der Waals surface area contributed by atoms with Gasteiger partial charge in [-0.2, -0.15) is 0 Å². The Morgan fingerprint density at radius 2 is 1.63 bits per heavy atom. The van der Waals surface area contributed by atoms with Crippen molar-refractivity contribution in [2.45, 2.75) is 44.4 Å². The summed E-state index contributed by atoms with van der Waals surface area (Å²) in [5.41, 5.74) is 4.00. The van der Waals surface area contributed by atoms with Crippen LogP contribution in [-0.4, -0.2) is 101 Å². The quantitative estimate of drug-likeness (QED) is 0.503. The highest BCUT2D eigenvalue weighted by Crippen LogP contribution is 2.33. The monoisotopic (exact) mass is 518 g/mol. The molecule has 1 aromatic carbocycles. The average Bonchev–Trinajstić information content (AvgIpc) is 2.97. The van der Waals surface area contributed by atoms with E-state index in [1.807, 2.05) is 12.4 Å². The van der Waals surface area contributed by atoms with E-state index in [4.69, 9.17) is 9.47 Å². The summed E-state index contributed by atoms with van der Waals surface area (Å²) < 4.78 is 12.1. The highest BCUT2D eigenvalue weighted by Gasteiger charge is 2.25. The lowest BCUT2D eigenvalue weighted by molar-refractivity contribution is 0.122. The van der Waals surface area contributed by atoms with Crippen LogP contribution in [0.5, 0.6) is 5.75 Å². The van der Waals surface area contributed by atoms with E-state index in [2.05, 4.69) is 59.1 Å². The van der Waals surface area contributed by atoms with Crippen molar-refractivity contribution in [1.82, 2.24) is 29.7 Å². The Kier molecular flexibility index (Phi) is 7.80. The minimum absolute atomic E-state index is 0.157. The van der Waals surface area contributed by atoms with Crippen LogP contribution in [0.4, 0.5) is 11.6 Å². The number of hydrogen-bond acceptors (Lipinski definition) is 10. The van der Waals surface area contributed by atoms with Gasteiger partial charge in [-0.1, -0.05) is 0 Å². The summed E-state index contributed by atoms with van der Waals surface area (Å²) in [6.45, 7) is 8.60. The van der Waals surface area contributed by atoms with E-state index in [9.17, 15) is 0 Å². The fourth-order valence-corrected chi connectivity index (χ4v) is 5.58. The van der Waals surface area contributed by atoms with Crippen molar-refractivity contribution in [3.63, 3.8) is 0 Å². The first-order chi connectivity index (χ1) is 18.7. The molecule has 3 aliphatic rings.